The summed E-state index contributed by atoms with van der Waals surface area (Å²) < 4.78 is 40.4. The van der Waals surface area contributed by atoms with Crippen molar-refractivity contribution in [1.29, 1.82) is 0 Å². The number of fused-ring (bicyclic) bond motifs is 3. The van der Waals surface area contributed by atoms with E-state index in [0.717, 1.165) is 39.7 Å². The molecule has 1 amide bonds. The summed E-state index contributed by atoms with van der Waals surface area (Å²) in [4.78, 5) is 19.4. The van der Waals surface area contributed by atoms with Gasteiger partial charge in [0, 0.05) is 58.0 Å². The third-order valence-corrected chi connectivity index (χ3v) is 8.91. The minimum atomic E-state index is -0.828. The molecule has 12 heteroatoms. The lowest BCUT2D eigenvalue weighted by molar-refractivity contribution is -0.129. The van der Waals surface area contributed by atoms with Crippen molar-refractivity contribution in [2.24, 2.45) is 7.05 Å². The van der Waals surface area contributed by atoms with Crippen molar-refractivity contribution in [3.8, 4) is 39.5 Å². The number of carbonyl (C=O) groups is 1. The highest BCUT2D eigenvalue weighted by atomic mass is 32.1. The number of thiophene rings is 1. The largest absolute Gasteiger partial charge is 0.490 e. The van der Waals surface area contributed by atoms with Gasteiger partial charge in [-0.2, -0.15) is 10.2 Å². The number of ether oxygens (including phenoxy) is 1. The smallest absolute Gasteiger partial charge is 0.246 e. The van der Waals surface area contributed by atoms with Crippen LogP contribution in [0.1, 0.15) is 12.6 Å². The zero-order valence-electron chi connectivity index (χ0n) is 24.5. The fourth-order valence-corrected chi connectivity index (χ4v) is 6.92. The molecular weight excluding hydrogens is 598 g/mol. The van der Waals surface area contributed by atoms with Gasteiger partial charge in [0.05, 0.1) is 42.2 Å². The number of aromatic nitrogens is 5. The number of pyridine rings is 1. The summed E-state index contributed by atoms with van der Waals surface area (Å²) in [5.74, 6) is -1.86. The zero-order chi connectivity index (χ0) is 31.4. The summed E-state index contributed by atoms with van der Waals surface area (Å²) in [5, 5.41) is 22.5. The van der Waals surface area contributed by atoms with Crippen molar-refractivity contribution in [2.75, 3.05) is 13.2 Å². The number of amides is 1. The average molecular weight is 627 g/mol. The highest BCUT2D eigenvalue weighted by Gasteiger charge is 2.30. The standard InChI is InChI=1S/C33H28F2N6O3S/c1-4-28(43)40-17-22-14-26(38-41(22)15-18(40)2)32-30(29-24(35)12-21(34)13-27(29)44-9-8-42)33-23(7-10-45-33)31(36-32)19-5-6-25-20(11-19)16-39(3)37-25/h4-7,10-14,16,18,42H,1,8-9,15,17H2,2-3H3. The maximum absolute atomic E-state index is 15.9. The molecule has 0 radical (unpaired) electrons. The molecule has 4 aromatic heterocycles. The number of hydrogen-bond donors (Lipinski definition) is 1. The second-order valence-corrected chi connectivity index (χ2v) is 11.9. The van der Waals surface area contributed by atoms with Crippen LogP contribution in [0, 0.1) is 11.6 Å². The number of halogens is 2. The van der Waals surface area contributed by atoms with Crippen LogP contribution in [0.15, 0.2) is 66.7 Å². The van der Waals surface area contributed by atoms with E-state index < -0.39 is 11.6 Å². The van der Waals surface area contributed by atoms with Gasteiger partial charge in [0.2, 0.25) is 5.91 Å². The fourth-order valence-electron chi connectivity index (χ4n) is 5.97. The molecule has 0 aliphatic carbocycles. The molecular formula is C33H28F2N6O3S. The van der Waals surface area contributed by atoms with Crippen LogP contribution >= 0.6 is 11.3 Å². The maximum Gasteiger partial charge on any atom is 0.246 e. The lowest BCUT2D eigenvalue weighted by Gasteiger charge is -2.33. The molecule has 9 nitrogen and oxygen atoms in total. The minimum absolute atomic E-state index is 0.0249. The predicted octanol–water partition coefficient (Wildman–Crippen LogP) is 5.95. The SMILES string of the molecule is C=CC(=O)N1Cc2cc(-c3nc(-c4ccc5nn(C)cc5c4)c4ccsc4c3-c3c(F)cc(F)cc3OCCO)nn2CC1C. The number of rotatable bonds is 7. The van der Waals surface area contributed by atoms with Gasteiger partial charge in [-0.3, -0.25) is 14.2 Å². The first-order valence-corrected chi connectivity index (χ1v) is 15.2. The third kappa shape index (κ3) is 4.95. The maximum atomic E-state index is 15.9. The second kappa shape index (κ2) is 11.2. The first kappa shape index (κ1) is 28.8. The molecule has 0 bridgehead atoms. The quantitative estimate of drug-likeness (QED) is 0.220. The molecule has 6 aromatic rings. The minimum Gasteiger partial charge on any atom is -0.490 e. The summed E-state index contributed by atoms with van der Waals surface area (Å²) in [7, 11) is 1.86. The van der Waals surface area contributed by atoms with Crippen molar-refractivity contribution in [1.82, 2.24) is 29.4 Å². The van der Waals surface area contributed by atoms with E-state index in [2.05, 4.69) is 11.7 Å². The zero-order valence-corrected chi connectivity index (χ0v) is 25.3. The lowest BCUT2D eigenvalue weighted by atomic mass is 9.96. The Morgan fingerprint density at radius 2 is 2.00 bits per heavy atom. The molecule has 1 N–H and O–H groups in total. The van der Waals surface area contributed by atoms with E-state index in [4.69, 9.17) is 14.8 Å². The van der Waals surface area contributed by atoms with E-state index >= 15 is 4.39 Å². The van der Waals surface area contributed by atoms with Gasteiger partial charge >= 0.3 is 0 Å². The highest BCUT2D eigenvalue weighted by molar-refractivity contribution is 7.18. The van der Waals surface area contributed by atoms with Crippen LogP contribution in [-0.4, -0.2) is 59.7 Å². The highest BCUT2D eigenvalue weighted by Crippen LogP contribution is 2.47. The second-order valence-electron chi connectivity index (χ2n) is 11.0. The van der Waals surface area contributed by atoms with E-state index in [1.54, 1.807) is 9.58 Å². The van der Waals surface area contributed by atoms with E-state index in [1.807, 2.05) is 60.6 Å². The summed E-state index contributed by atoms with van der Waals surface area (Å²) in [5.41, 5.74) is 4.40. The van der Waals surface area contributed by atoms with Crippen LogP contribution in [0.2, 0.25) is 0 Å². The Kier molecular flexibility index (Phi) is 7.17. The van der Waals surface area contributed by atoms with Gasteiger partial charge < -0.3 is 14.7 Å². The van der Waals surface area contributed by atoms with Crippen LogP contribution in [0.5, 0.6) is 5.75 Å². The molecule has 1 atom stereocenters. The van der Waals surface area contributed by atoms with Gasteiger partial charge in [-0.05, 0) is 42.6 Å². The first-order valence-electron chi connectivity index (χ1n) is 14.3. The number of hydrogen-bond acceptors (Lipinski definition) is 7. The number of aryl methyl sites for hydroxylation is 1. The summed E-state index contributed by atoms with van der Waals surface area (Å²) >= 11 is 1.40. The molecule has 5 heterocycles. The molecule has 1 aliphatic heterocycles. The van der Waals surface area contributed by atoms with Crippen molar-refractivity contribution >= 4 is 38.2 Å². The molecule has 0 saturated carbocycles. The Bertz CT molecular complexity index is 2130. The number of carbonyl (C=O) groups excluding carboxylic acids is 1. The number of aliphatic hydroxyl groups is 1. The first-order chi connectivity index (χ1) is 21.7. The Morgan fingerprint density at radius 1 is 1.16 bits per heavy atom. The summed E-state index contributed by atoms with van der Waals surface area (Å²) in [6.07, 6.45) is 3.23. The third-order valence-electron chi connectivity index (χ3n) is 7.98. The van der Waals surface area contributed by atoms with E-state index in [1.165, 1.54) is 17.4 Å². The van der Waals surface area contributed by atoms with Gasteiger partial charge in [0.1, 0.15) is 35.4 Å². The van der Waals surface area contributed by atoms with Gasteiger partial charge in [-0.25, -0.2) is 13.8 Å². The molecule has 45 heavy (non-hydrogen) atoms. The summed E-state index contributed by atoms with van der Waals surface area (Å²) in [6.45, 7) is 5.85. The van der Waals surface area contributed by atoms with Crippen LogP contribution in [-0.2, 0) is 24.9 Å². The Balaban J connectivity index is 1.51. The molecule has 1 unspecified atom stereocenters. The van der Waals surface area contributed by atoms with Gasteiger partial charge in [-0.15, -0.1) is 11.3 Å². The van der Waals surface area contributed by atoms with Crippen LogP contribution in [0.25, 0.3) is 54.8 Å². The van der Waals surface area contributed by atoms with E-state index in [9.17, 15) is 14.3 Å². The number of aliphatic hydroxyl groups excluding tert-OH is 1. The van der Waals surface area contributed by atoms with Gasteiger partial charge in [-0.1, -0.05) is 12.6 Å². The van der Waals surface area contributed by atoms with Gasteiger partial charge in [0.15, 0.2) is 0 Å². The normalized spacial score (nSPS) is 14.7. The van der Waals surface area contributed by atoms with Crippen molar-refractivity contribution in [2.45, 2.75) is 26.1 Å². The fraction of sp³-hybridized carbons (Fsp3) is 0.212. The Morgan fingerprint density at radius 3 is 2.80 bits per heavy atom. The van der Waals surface area contributed by atoms with E-state index in [0.29, 0.717) is 40.4 Å². The molecule has 0 fully saturated rings. The Hall–Kier alpha value is -4.94. The number of nitrogens with zero attached hydrogens (tertiary/aromatic N) is 6. The topological polar surface area (TPSA) is 98.3 Å². The molecule has 7 rings (SSSR count). The Labute approximate surface area is 260 Å². The van der Waals surface area contributed by atoms with Crippen LogP contribution in [0.4, 0.5) is 8.78 Å². The molecule has 1 aliphatic rings. The van der Waals surface area contributed by atoms with Gasteiger partial charge in [0.25, 0.3) is 0 Å². The van der Waals surface area contributed by atoms with Crippen molar-refractivity contribution < 1.29 is 23.4 Å². The van der Waals surface area contributed by atoms with Crippen LogP contribution < -0.4 is 4.74 Å². The van der Waals surface area contributed by atoms with Crippen LogP contribution in [0.3, 0.4) is 0 Å². The molecule has 2 aromatic carbocycles. The average Bonchev–Trinajstić information content (AvgIpc) is 3.75. The number of benzene rings is 2. The molecule has 228 valence electrons. The monoisotopic (exact) mass is 626 g/mol. The van der Waals surface area contributed by atoms with E-state index in [-0.39, 0.29) is 36.5 Å². The molecule has 0 spiro atoms. The predicted molar refractivity (Wildman–Crippen MR) is 169 cm³/mol. The van der Waals surface area contributed by atoms with Crippen molar-refractivity contribution in [3.63, 3.8) is 0 Å². The summed E-state index contributed by atoms with van der Waals surface area (Å²) in [6, 6.07) is 11.5. The lowest BCUT2D eigenvalue weighted by Crippen LogP contribution is -2.44. The molecule has 0 saturated heterocycles. The van der Waals surface area contributed by atoms with Crippen molar-refractivity contribution in [3.05, 3.63) is 84.0 Å².